The zero-order valence-corrected chi connectivity index (χ0v) is 15.2. The summed E-state index contributed by atoms with van der Waals surface area (Å²) in [5, 5.41) is 8.21. The predicted octanol–water partition coefficient (Wildman–Crippen LogP) is 2.96. The first kappa shape index (κ1) is 17.5. The summed E-state index contributed by atoms with van der Waals surface area (Å²) in [6, 6.07) is 8.96. The number of aromatic amines is 1. The van der Waals surface area contributed by atoms with Gasteiger partial charge in [0.1, 0.15) is 9.96 Å². The SMILES string of the molecule is COc1ccc(Cl)cc1NS(=O)(=O)c1cc(-c2ccc(=O)[nH]n2)cs1. The van der Waals surface area contributed by atoms with Crippen LogP contribution in [0.25, 0.3) is 11.3 Å². The fraction of sp³-hybridized carbons (Fsp3) is 0.0667. The number of H-pyrrole nitrogens is 1. The van der Waals surface area contributed by atoms with Crippen molar-refractivity contribution in [2.45, 2.75) is 4.21 Å². The van der Waals surface area contributed by atoms with E-state index in [0.29, 0.717) is 22.0 Å². The van der Waals surface area contributed by atoms with Crippen LogP contribution < -0.4 is 15.0 Å². The summed E-state index contributed by atoms with van der Waals surface area (Å²) in [7, 11) is -2.39. The maximum atomic E-state index is 12.6. The van der Waals surface area contributed by atoms with Crippen molar-refractivity contribution < 1.29 is 13.2 Å². The molecule has 0 spiro atoms. The minimum Gasteiger partial charge on any atom is -0.495 e. The van der Waals surface area contributed by atoms with Crippen LogP contribution in [0.15, 0.2) is 50.8 Å². The van der Waals surface area contributed by atoms with Crippen LogP contribution in [-0.4, -0.2) is 25.7 Å². The highest BCUT2D eigenvalue weighted by molar-refractivity contribution is 7.94. The van der Waals surface area contributed by atoms with Crippen LogP contribution in [0.5, 0.6) is 5.75 Å². The van der Waals surface area contributed by atoms with Crippen molar-refractivity contribution in [2.24, 2.45) is 0 Å². The zero-order chi connectivity index (χ0) is 18.0. The summed E-state index contributed by atoms with van der Waals surface area (Å²) in [4.78, 5) is 11.1. The van der Waals surface area contributed by atoms with Gasteiger partial charge < -0.3 is 4.74 Å². The van der Waals surface area contributed by atoms with Gasteiger partial charge >= 0.3 is 0 Å². The van der Waals surface area contributed by atoms with Gasteiger partial charge in [-0.25, -0.2) is 13.5 Å². The number of ether oxygens (including phenoxy) is 1. The second kappa shape index (κ2) is 6.87. The maximum Gasteiger partial charge on any atom is 0.271 e. The van der Waals surface area contributed by atoms with Crippen molar-refractivity contribution in [1.29, 1.82) is 0 Å². The number of hydrogen-bond acceptors (Lipinski definition) is 6. The Morgan fingerprint density at radius 2 is 2.04 bits per heavy atom. The number of anilines is 1. The molecule has 2 heterocycles. The number of benzene rings is 1. The van der Waals surface area contributed by atoms with Gasteiger partial charge in [-0.3, -0.25) is 9.52 Å². The molecule has 0 radical (unpaired) electrons. The van der Waals surface area contributed by atoms with Gasteiger partial charge in [0.05, 0.1) is 18.5 Å². The molecule has 0 saturated heterocycles. The molecule has 10 heteroatoms. The topological polar surface area (TPSA) is 101 Å². The van der Waals surface area contributed by atoms with E-state index in [-0.39, 0.29) is 15.5 Å². The lowest BCUT2D eigenvalue weighted by Crippen LogP contribution is -2.12. The molecular formula is C15H12ClN3O4S2. The molecule has 2 N–H and O–H groups in total. The average molecular weight is 398 g/mol. The number of methoxy groups -OCH3 is 1. The van der Waals surface area contributed by atoms with Gasteiger partial charge in [-0.2, -0.15) is 5.10 Å². The molecule has 1 aromatic carbocycles. The van der Waals surface area contributed by atoms with E-state index >= 15 is 0 Å². The second-order valence-electron chi connectivity index (χ2n) is 4.91. The Morgan fingerprint density at radius 1 is 1.24 bits per heavy atom. The second-order valence-corrected chi connectivity index (χ2v) is 8.17. The number of thiophene rings is 1. The predicted molar refractivity (Wildman–Crippen MR) is 97.0 cm³/mol. The highest BCUT2D eigenvalue weighted by Crippen LogP contribution is 2.32. The average Bonchev–Trinajstić information content (AvgIpc) is 3.06. The van der Waals surface area contributed by atoms with E-state index in [1.165, 1.54) is 31.4 Å². The van der Waals surface area contributed by atoms with E-state index in [9.17, 15) is 13.2 Å². The molecule has 130 valence electrons. The van der Waals surface area contributed by atoms with E-state index < -0.39 is 10.0 Å². The van der Waals surface area contributed by atoms with Crippen molar-refractivity contribution in [3.63, 3.8) is 0 Å². The summed E-state index contributed by atoms with van der Waals surface area (Å²) in [6.45, 7) is 0. The Bertz CT molecular complexity index is 1060. The van der Waals surface area contributed by atoms with E-state index in [0.717, 1.165) is 11.3 Å². The summed E-state index contributed by atoms with van der Waals surface area (Å²) in [5.74, 6) is 0.354. The van der Waals surface area contributed by atoms with E-state index in [2.05, 4.69) is 14.9 Å². The Morgan fingerprint density at radius 3 is 2.72 bits per heavy atom. The number of nitrogens with one attached hydrogen (secondary N) is 2. The summed E-state index contributed by atoms with van der Waals surface area (Å²) < 4.78 is 32.9. The first-order valence-electron chi connectivity index (χ1n) is 6.90. The minimum atomic E-state index is -3.83. The number of sulfonamides is 1. The molecule has 0 unspecified atom stereocenters. The van der Waals surface area contributed by atoms with Gasteiger partial charge in [-0.05, 0) is 30.3 Å². The smallest absolute Gasteiger partial charge is 0.271 e. The van der Waals surface area contributed by atoms with Crippen molar-refractivity contribution in [1.82, 2.24) is 10.2 Å². The molecule has 0 amide bonds. The summed E-state index contributed by atoms with van der Waals surface area (Å²) >= 11 is 6.96. The lowest BCUT2D eigenvalue weighted by atomic mass is 10.2. The fourth-order valence-corrected chi connectivity index (χ4v) is 4.46. The third-order valence-corrected chi connectivity index (χ3v) is 6.26. The number of halogens is 1. The summed E-state index contributed by atoms with van der Waals surface area (Å²) in [6.07, 6.45) is 0. The van der Waals surface area contributed by atoms with Crippen LogP contribution in [0.4, 0.5) is 5.69 Å². The Hall–Kier alpha value is -2.36. The molecule has 0 aliphatic carbocycles. The van der Waals surface area contributed by atoms with Crippen LogP contribution in [-0.2, 0) is 10.0 Å². The fourth-order valence-electron chi connectivity index (χ4n) is 2.05. The van der Waals surface area contributed by atoms with Gasteiger partial charge in [0.2, 0.25) is 0 Å². The van der Waals surface area contributed by atoms with Crippen molar-refractivity contribution >= 4 is 38.6 Å². The van der Waals surface area contributed by atoms with Gasteiger partial charge in [-0.15, -0.1) is 11.3 Å². The third kappa shape index (κ3) is 3.84. The minimum absolute atomic E-state index is 0.0949. The largest absolute Gasteiger partial charge is 0.495 e. The number of nitrogens with zero attached hydrogens (tertiary/aromatic N) is 1. The van der Waals surface area contributed by atoms with Gasteiger partial charge in [0.15, 0.2) is 0 Å². The van der Waals surface area contributed by atoms with Crippen LogP contribution in [0, 0.1) is 0 Å². The van der Waals surface area contributed by atoms with Gasteiger partial charge in [-0.1, -0.05) is 11.6 Å². The van der Waals surface area contributed by atoms with E-state index in [4.69, 9.17) is 16.3 Å². The maximum absolute atomic E-state index is 12.6. The number of aromatic nitrogens is 2. The van der Waals surface area contributed by atoms with Crippen molar-refractivity contribution in [3.05, 3.63) is 57.2 Å². The van der Waals surface area contributed by atoms with Crippen LogP contribution >= 0.6 is 22.9 Å². The third-order valence-electron chi connectivity index (χ3n) is 3.22. The number of rotatable bonds is 5. The standard InChI is InChI=1S/C15H12ClN3O4S2/c1-23-13-4-2-10(16)7-12(13)19-25(21,22)15-6-9(8-24-15)11-3-5-14(20)18-17-11/h2-8,19H,1H3,(H,18,20). The molecule has 0 atom stereocenters. The van der Waals surface area contributed by atoms with Crippen LogP contribution in [0.2, 0.25) is 5.02 Å². The van der Waals surface area contributed by atoms with Crippen molar-refractivity contribution in [3.8, 4) is 17.0 Å². The molecule has 25 heavy (non-hydrogen) atoms. The first-order valence-corrected chi connectivity index (χ1v) is 9.64. The zero-order valence-electron chi connectivity index (χ0n) is 12.8. The number of hydrogen-bond donors (Lipinski definition) is 2. The normalized spacial score (nSPS) is 11.3. The molecule has 7 nitrogen and oxygen atoms in total. The molecule has 0 aliphatic heterocycles. The van der Waals surface area contributed by atoms with Crippen molar-refractivity contribution in [2.75, 3.05) is 11.8 Å². The van der Waals surface area contributed by atoms with Crippen LogP contribution in [0.3, 0.4) is 0 Å². The molecule has 3 rings (SSSR count). The van der Waals surface area contributed by atoms with E-state index in [1.807, 2.05) is 0 Å². The molecule has 0 aliphatic rings. The van der Waals surface area contributed by atoms with Gasteiger partial charge in [0, 0.05) is 22.0 Å². The Kier molecular flexibility index (Phi) is 4.80. The summed E-state index contributed by atoms with van der Waals surface area (Å²) in [5.41, 5.74) is 0.964. The Labute approximate surface area is 152 Å². The molecule has 0 fully saturated rings. The first-order chi connectivity index (χ1) is 11.9. The monoisotopic (exact) mass is 397 g/mol. The highest BCUT2D eigenvalue weighted by Gasteiger charge is 2.20. The molecular weight excluding hydrogens is 386 g/mol. The lowest BCUT2D eigenvalue weighted by molar-refractivity contribution is 0.417. The molecule has 0 bridgehead atoms. The van der Waals surface area contributed by atoms with Crippen LogP contribution in [0.1, 0.15) is 0 Å². The molecule has 3 aromatic rings. The highest BCUT2D eigenvalue weighted by atomic mass is 35.5. The Balaban J connectivity index is 1.92. The quantitative estimate of drug-likeness (QED) is 0.689. The van der Waals surface area contributed by atoms with E-state index in [1.54, 1.807) is 17.5 Å². The lowest BCUT2D eigenvalue weighted by Gasteiger charge is -2.11. The molecule has 0 saturated carbocycles. The molecule has 2 aromatic heterocycles. The van der Waals surface area contributed by atoms with Gasteiger partial charge in [0.25, 0.3) is 15.6 Å².